The van der Waals surface area contributed by atoms with Crippen LogP contribution in [0.15, 0.2) is 24.3 Å². The molecular formula is C15H20FN3S. The smallest absolute Gasteiger partial charge is 0.203 e. The summed E-state index contributed by atoms with van der Waals surface area (Å²) in [7, 11) is 0. The van der Waals surface area contributed by atoms with Crippen LogP contribution in [0, 0.1) is 5.82 Å². The van der Waals surface area contributed by atoms with E-state index < -0.39 is 0 Å². The Hall–Kier alpha value is -1.49. The zero-order valence-corrected chi connectivity index (χ0v) is 13.3. The van der Waals surface area contributed by atoms with Crippen LogP contribution in [0.25, 0.3) is 0 Å². The van der Waals surface area contributed by atoms with Crippen LogP contribution in [-0.2, 0) is 5.41 Å². The van der Waals surface area contributed by atoms with Crippen molar-refractivity contribution in [3.8, 4) is 0 Å². The number of halogens is 1. The summed E-state index contributed by atoms with van der Waals surface area (Å²) in [5, 5.41) is 4.13. The van der Waals surface area contributed by atoms with E-state index in [1.807, 2.05) is 13.8 Å². The maximum atomic E-state index is 13.0. The maximum Gasteiger partial charge on any atom is 0.203 e. The van der Waals surface area contributed by atoms with Crippen molar-refractivity contribution < 1.29 is 4.39 Å². The largest absolute Gasteiger partial charge is 0.356 e. The zero-order chi connectivity index (χ0) is 15.0. The molecule has 3 nitrogen and oxygen atoms in total. The average molecular weight is 293 g/mol. The summed E-state index contributed by atoms with van der Waals surface area (Å²) in [4.78, 5) is 4.57. The molecule has 108 valence electrons. The first-order valence-corrected chi connectivity index (χ1v) is 7.34. The summed E-state index contributed by atoms with van der Waals surface area (Å²) in [6.07, 6.45) is 0. The van der Waals surface area contributed by atoms with Gasteiger partial charge in [-0.3, -0.25) is 0 Å². The van der Waals surface area contributed by atoms with Crippen LogP contribution in [0.1, 0.15) is 46.0 Å². The molecule has 0 unspecified atom stereocenters. The summed E-state index contributed by atoms with van der Waals surface area (Å²) < 4.78 is 17.5. The van der Waals surface area contributed by atoms with E-state index in [0.29, 0.717) is 0 Å². The molecule has 0 saturated carbocycles. The summed E-state index contributed by atoms with van der Waals surface area (Å²) in [6, 6.07) is 6.51. The van der Waals surface area contributed by atoms with Crippen LogP contribution in [0.4, 0.5) is 9.52 Å². The van der Waals surface area contributed by atoms with Gasteiger partial charge in [0.25, 0.3) is 0 Å². The molecule has 5 heteroatoms. The number of hydrogen-bond donors (Lipinski definition) is 1. The molecule has 0 aliphatic rings. The van der Waals surface area contributed by atoms with E-state index in [-0.39, 0.29) is 16.8 Å². The van der Waals surface area contributed by atoms with Crippen LogP contribution in [-0.4, -0.2) is 14.9 Å². The van der Waals surface area contributed by atoms with Gasteiger partial charge in [0.1, 0.15) is 5.82 Å². The number of aromatic nitrogens is 2. The fraction of sp³-hybridized carbons (Fsp3) is 0.467. The lowest BCUT2D eigenvalue weighted by molar-refractivity contribution is 0.589. The second kappa shape index (κ2) is 5.13. The third-order valence-corrected chi connectivity index (χ3v) is 3.66. The van der Waals surface area contributed by atoms with Gasteiger partial charge in [0, 0.05) is 17.1 Å². The van der Waals surface area contributed by atoms with Crippen molar-refractivity contribution >= 4 is 16.7 Å². The van der Waals surface area contributed by atoms with E-state index >= 15 is 0 Å². The Labute approximate surface area is 123 Å². The highest BCUT2D eigenvalue weighted by molar-refractivity contribution is 7.09. The SMILES string of the molecule is CC(C)(C)Nc1nc(C(C)(C)c2ccc(F)cc2)ns1. The second-order valence-electron chi connectivity index (χ2n) is 6.43. The molecule has 0 atom stereocenters. The Kier molecular flexibility index (Phi) is 3.82. The van der Waals surface area contributed by atoms with Crippen molar-refractivity contribution in [3.63, 3.8) is 0 Å². The first-order chi connectivity index (χ1) is 9.18. The van der Waals surface area contributed by atoms with Gasteiger partial charge >= 0.3 is 0 Å². The summed E-state index contributed by atoms with van der Waals surface area (Å²) in [5.74, 6) is 0.520. The molecule has 0 amide bonds. The summed E-state index contributed by atoms with van der Waals surface area (Å²) >= 11 is 1.35. The molecule has 0 radical (unpaired) electrons. The Bertz CT molecular complexity index is 582. The molecule has 0 saturated heterocycles. The maximum absolute atomic E-state index is 13.0. The van der Waals surface area contributed by atoms with E-state index in [2.05, 4.69) is 35.4 Å². The molecule has 1 heterocycles. The molecule has 1 aromatic heterocycles. The first kappa shape index (κ1) is 14.9. The Balaban J connectivity index is 2.28. The van der Waals surface area contributed by atoms with Crippen LogP contribution < -0.4 is 5.32 Å². The minimum absolute atomic E-state index is 0.0448. The Morgan fingerprint density at radius 2 is 1.65 bits per heavy atom. The average Bonchev–Trinajstić information content (AvgIpc) is 2.76. The molecule has 0 spiro atoms. The van der Waals surface area contributed by atoms with Gasteiger partial charge in [0.15, 0.2) is 5.82 Å². The molecule has 0 aliphatic carbocycles. The predicted octanol–water partition coefficient (Wildman–Crippen LogP) is 4.21. The minimum atomic E-state index is -0.345. The number of hydrogen-bond acceptors (Lipinski definition) is 4. The first-order valence-electron chi connectivity index (χ1n) is 6.57. The van der Waals surface area contributed by atoms with Gasteiger partial charge in [-0.2, -0.15) is 4.37 Å². The minimum Gasteiger partial charge on any atom is -0.356 e. The van der Waals surface area contributed by atoms with Crippen LogP contribution in [0.3, 0.4) is 0 Å². The van der Waals surface area contributed by atoms with Crippen LogP contribution in [0.5, 0.6) is 0 Å². The van der Waals surface area contributed by atoms with Gasteiger partial charge in [0.05, 0.1) is 5.41 Å². The number of benzene rings is 1. The van der Waals surface area contributed by atoms with Crippen molar-refractivity contribution in [1.29, 1.82) is 0 Å². The number of rotatable bonds is 3. The normalized spacial score (nSPS) is 12.5. The van der Waals surface area contributed by atoms with E-state index in [1.54, 1.807) is 12.1 Å². The van der Waals surface area contributed by atoms with Crippen molar-refractivity contribution in [2.24, 2.45) is 0 Å². The van der Waals surface area contributed by atoms with Gasteiger partial charge in [0.2, 0.25) is 5.13 Å². The highest BCUT2D eigenvalue weighted by Crippen LogP contribution is 2.31. The lowest BCUT2D eigenvalue weighted by Gasteiger charge is -2.22. The topological polar surface area (TPSA) is 37.8 Å². The Morgan fingerprint density at radius 3 is 2.20 bits per heavy atom. The van der Waals surface area contributed by atoms with E-state index in [1.165, 1.54) is 23.7 Å². The third kappa shape index (κ3) is 3.33. The molecular weight excluding hydrogens is 273 g/mol. The number of nitrogens with one attached hydrogen (secondary N) is 1. The molecule has 0 aliphatic heterocycles. The van der Waals surface area contributed by atoms with Crippen molar-refractivity contribution in [3.05, 3.63) is 41.5 Å². The molecule has 0 bridgehead atoms. The lowest BCUT2D eigenvalue weighted by Crippen LogP contribution is -2.26. The van der Waals surface area contributed by atoms with Crippen molar-refractivity contribution in [1.82, 2.24) is 9.36 Å². The second-order valence-corrected chi connectivity index (χ2v) is 7.18. The number of anilines is 1. The predicted molar refractivity (Wildman–Crippen MR) is 81.8 cm³/mol. The molecule has 2 aromatic rings. The highest BCUT2D eigenvalue weighted by atomic mass is 32.1. The van der Waals surface area contributed by atoms with E-state index in [4.69, 9.17) is 0 Å². The number of nitrogens with zero attached hydrogens (tertiary/aromatic N) is 2. The van der Waals surface area contributed by atoms with E-state index in [0.717, 1.165) is 16.5 Å². The molecule has 1 aromatic carbocycles. The standard InChI is InChI=1S/C15H20FN3S/c1-14(2,3)18-13-17-12(19-20-13)15(4,5)10-6-8-11(16)9-7-10/h6-9H,1-5H3,(H,17,18,19). The fourth-order valence-electron chi connectivity index (χ4n) is 1.84. The molecule has 1 N–H and O–H groups in total. The zero-order valence-electron chi connectivity index (χ0n) is 12.5. The van der Waals surface area contributed by atoms with Gasteiger partial charge in [-0.05, 0) is 52.3 Å². The van der Waals surface area contributed by atoms with Gasteiger partial charge in [-0.15, -0.1) is 0 Å². The monoisotopic (exact) mass is 293 g/mol. The summed E-state index contributed by atoms with van der Waals surface area (Å²) in [6.45, 7) is 10.3. The van der Waals surface area contributed by atoms with Crippen LogP contribution in [0.2, 0.25) is 0 Å². The van der Waals surface area contributed by atoms with Crippen LogP contribution >= 0.6 is 11.5 Å². The Morgan fingerprint density at radius 1 is 1.05 bits per heavy atom. The third-order valence-electron chi connectivity index (χ3n) is 3.03. The molecule has 20 heavy (non-hydrogen) atoms. The molecule has 0 fully saturated rings. The summed E-state index contributed by atoms with van der Waals surface area (Å²) in [5.41, 5.74) is 0.609. The fourth-order valence-corrected chi connectivity index (χ4v) is 2.77. The van der Waals surface area contributed by atoms with Gasteiger partial charge < -0.3 is 5.32 Å². The van der Waals surface area contributed by atoms with E-state index in [9.17, 15) is 4.39 Å². The van der Waals surface area contributed by atoms with Crippen molar-refractivity contribution in [2.45, 2.75) is 45.6 Å². The quantitative estimate of drug-likeness (QED) is 0.921. The lowest BCUT2D eigenvalue weighted by atomic mass is 9.84. The van der Waals surface area contributed by atoms with Crippen molar-refractivity contribution in [2.75, 3.05) is 5.32 Å². The van der Waals surface area contributed by atoms with Gasteiger partial charge in [-0.1, -0.05) is 12.1 Å². The highest BCUT2D eigenvalue weighted by Gasteiger charge is 2.28. The van der Waals surface area contributed by atoms with Gasteiger partial charge in [-0.25, -0.2) is 9.37 Å². The molecule has 2 rings (SSSR count).